The van der Waals surface area contributed by atoms with E-state index in [4.69, 9.17) is 0 Å². The molecule has 1 heterocycles. The van der Waals surface area contributed by atoms with Gasteiger partial charge in [0, 0.05) is 0 Å². The summed E-state index contributed by atoms with van der Waals surface area (Å²) < 4.78 is 7.88. The molecular weight excluding hydrogens is 535 g/mol. The molecule has 0 atom stereocenters. The molecule has 0 radical (unpaired) electrons. The van der Waals surface area contributed by atoms with Gasteiger partial charge < -0.3 is 0 Å². The minimum atomic E-state index is -2.63. The fourth-order valence-corrected chi connectivity index (χ4v) is 26.8. The molecule has 0 nitrogen and oxygen atoms in total. The fourth-order valence-electron chi connectivity index (χ4n) is 5.52. The Bertz CT molecular complexity index is 1140. The van der Waals surface area contributed by atoms with Gasteiger partial charge in [-0.15, -0.1) is 0 Å². The monoisotopic (exact) mass is 576 g/mol. The Morgan fingerprint density at radius 3 is 1.65 bits per heavy atom. The van der Waals surface area contributed by atoms with Crippen LogP contribution in [0, 0.1) is 0 Å². The Balaban J connectivity index is 2.04. The van der Waals surface area contributed by atoms with Crippen LogP contribution in [-0.2, 0) is 0 Å². The van der Waals surface area contributed by atoms with E-state index in [1.807, 2.05) is 2.89 Å². The van der Waals surface area contributed by atoms with Gasteiger partial charge in [0.2, 0.25) is 0 Å². The van der Waals surface area contributed by atoms with Gasteiger partial charge in [-0.1, -0.05) is 0 Å². The van der Waals surface area contributed by atoms with Gasteiger partial charge in [0.15, 0.2) is 0 Å². The van der Waals surface area contributed by atoms with E-state index >= 15 is 0 Å². The quantitative estimate of drug-likeness (QED) is 0.148. The number of unbranched alkanes of at least 4 members (excludes halogenated alkanes) is 3. The van der Waals surface area contributed by atoms with Gasteiger partial charge in [-0.2, -0.15) is 0 Å². The zero-order chi connectivity index (χ0) is 23.8. The first kappa shape index (κ1) is 25.5. The van der Waals surface area contributed by atoms with Crippen LogP contribution >= 0.6 is 11.3 Å². The Morgan fingerprint density at radius 2 is 1.12 bits per heavy atom. The molecular formula is C32H40SSn. The van der Waals surface area contributed by atoms with E-state index in [9.17, 15) is 0 Å². The standard InChI is InChI=1S/C20H13S.3C4H9.Sn/c1-3-8-15(9-4-1)17-12-7-13-19-20(17)18(14-21-19)16-10-5-2-6-11-16;3*1-3-4-2;/h1-13H;3*1,3-4H2,2H3;. The molecule has 4 rings (SSSR count). The van der Waals surface area contributed by atoms with E-state index in [2.05, 4.69) is 111 Å². The van der Waals surface area contributed by atoms with E-state index in [0.717, 1.165) is 0 Å². The number of fused-ring (bicyclic) bond motifs is 1. The second kappa shape index (κ2) is 12.4. The SMILES string of the molecule is CCC[CH2][Sn]([CH2]CCC)([CH2]CCC)[c]1sc2cccc(-c3ccccc3)c2c1-c1ccccc1. The van der Waals surface area contributed by atoms with E-state index < -0.39 is 18.4 Å². The van der Waals surface area contributed by atoms with E-state index in [1.165, 1.54) is 78.6 Å². The third-order valence-corrected chi connectivity index (χ3v) is 26.8. The molecule has 3 aromatic carbocycles. The van der Waals surface area contributed by atoms with Crippen LogP contribution in [0.3, 0.4) is 0 Å². The van der Waals surface area contributed by atoms with Crippen LogP contribution in [0.2, 0.25) is 13.3 Å². The van der Waals surface area contributed by atoms with Crippen molar-refractivity contribution in [2.75, 3.05) is 0 Å². The summed E-state index contributed by atoms with van der Waals surface area (Å²) in [5, 5.41) is 1.51. The van der Waals surface area contributed by atoms with Gasteiger partial charge in [0.25, 0.3) is 0 Å². The maximum absolute atomic E-state index is 2.63. The van der Waals surface area contributed by atoms with Crippen molar-refractivity contribution >= 4 is 42.7 Å². The summed E-state index contributed by atoms with van der Waals surface area (Å²) >= 11 is -0.454. The van der Waals surface area contributed by atoms with Crippen LogP contribution in [-0.4, -0.2) is 18.4 Å². The van der Waals surface area contributed by atoms with Crippen LogP contribution in [0.5, 0.6) is 0 Å². The van der Waals surface area contributed by atoms with Crippen molar-refractivity contribution in [3.63, 3.8) is 0 Å². The number of thiophene rings is 1. The van der Waals surface area contributed by atoms with Gasteiger partial charge in [-0.05, 0) is 0 Å². The molecule has 0 amide bonds. The molecule has 2 heteroatoms. The van der Waals surface area contributed by atoms with Gasteiger partial charge in [0.05, 0.1) is 0 Å². The molecule has 34 heavy (non-hydrogen) atoms. The topological polar surface area (TPSA) is 0 Å². The van der Waals surface area contributed by atoms with Gasteiger partial charge in [0.1, 0.15) is 0 Å². The van der Waals surface area contributed by atoms with Crippen LogP contribution in [0.25, 0.3) is 32.3 Å². The molecule has 0 saturated carbocycles. The molecule has 0 fully saturated rings. The first-order valence-electron chi connectivity index (χ1n) is 13.4. The molecule has 0 spiro atoms. The summed E-state index contributed by atoms with van der Waals surface area (Å²) in [6.07, 6.45) is 8.15. The number of rotatable bonds is 12. The first-order chi connectivity index (χ1) is 16.7. The predicted molar refractivity (Wildman–Crippen MR) is 157 cm³/mol. The Hall–Kier alpha value is -1.58. The average molecular weight is 575 g/mol. The Morgan fingerprint density at radius 1 is 0.588 bits per heavy atom. The molecule has 0 aliphatic rings. The van der Waals surface area contributed by atoms with Crippen molar-refractivity contribution in [3.8, 4) is 22.3 Å². The van der Waals surface area contributed by atoms with Crippen LogP contribution in [0.4, 0.5) is 0 Å². The Kier molecular flexibility index (Phi) is 9.30. The molecule has 0 bridgehead atoms. The van der Waals surface area contributed by atoms with Gasteiger partial charge in [-0.3, -0.25) is 0 Å². The molecule has 4 aromatic rings. The summed E-state index contributed by atoms with van der Waals surface area (Å²) in [4.78, 5) is 0. The normalized spacial score (nSPS) is 11.9. The van der Waals surface area contributed by atoms with Crippen molar-refractivity contribution in [2.24, 2.45) is 0 Å². The summed E-state index contributed by atoms with van der Waals surface area (Å²) in [6.45, 7) is 7.15. The molecule has 0 N–H and O–H groups in total. The maximum atomic E-state index is 2.39. The summed E-state index contributed by atoms with van der Waals surface area (Å²) in [5.41, 5.74) is 5.77. The second-order valence-electron chi connectivity index (χ2n) is 9.81. The van der Waals surface area contributed by atoms with E-state index in [-0.39, 0.29) is 0 Å². The molecule has 0 unspecified atom stereocenters. The summed E-state index contributed by atoms with van der Waals surface area (Å²) in [5.74, 6) is 0. The Labute approximate surface area is 215 Å². The van der Waals surface area contributed by atoms with Crippen LogP contribution in [0.1, 0.15) is 59.3 Å². The van der Waals surface area contributed by atoms with E-state index in [0.29, 0.717) is 0 Å². The second-order valence-corrected chi connectivity index (χ2v) is 24.9. The summed E-state index contributed by atoms with van der Waals surface area (Å²) in [6, 6.07) is 29.4. The number of benzene rings is 3. The molecule has 0 saturated heterocycles. The molecule has 0 aliphatic heterocycles. The van der Waals surface area contributed by atoms with Gasteiger partial charge >= 0.3 is 216 Å². The summed E-state index contributed by atoms with van der Waals surface area (Å²) in [7, 11) is 0. The number of hydrogen-bond donors (Lipinski definition) is 0. The van der Waals surface area contributed by atoms with Crippen LogP contribution in [0.15, 0.2) is 78.9 Å². The molecule has 0 aliphatic carbocycles. The van der Waals surface area contributed by atoms with Gasteiger partial charge in [-0.25, -0.2) is 0 Å². The third kappa shape index (κ3) is 5.46. The minimum absolute atomic E-state index is 1.32. The van der Waals surface area contributed by atoms with Crippen molar-refractivity contribution < 1.29 is 0 Å². The zero-order valence-corrected chi connectivity index (χ0v) is 24.9. The molecule has 178 valence electrons. The van der Waals surface area contributed by atoms with E-state index in [1.54, 1.807) is 5.56 Å². The fraction of sp³-hybridized carbons (Fsp3) is 0.375. The van der Waals surface area contributed by atoms with Crippen molar-refractivity contribution in [1.82, 2.24) is 0 Å². The van der Waals surface area contributed by atoms with Crippen molar-refractivity contribution in [3.05, 3.63) is 78.9 Å². The number of hydrogen-bond acceptors (Lipinski definition) is 1. The third-order valence-electron chi connectivity index (χ3n) is 7.37. The molecule has 1 aromatic heterocycles. The first-order valence-corrected chi connectivity index (χ1v) is 21.7. The zero-order valence-electron chi connectivity index (χ0n) is 21.3. The predicted octanol–water partition coefficient (Wildman–Crippen LogP) is 10.3. The van der Waals surface area contributed by atoms with Crippen molar-refractivity contribution in [1.29, 1.82) is 0 Å². The van der Waals surface area contributed by atoms with Crippen LogP contribution < -0.4 is 2.89 Å². The van der Waals surface area contributed by atoms with Crippen molar-refractivity contribution in [2.45, 2.75) is 72.6 Å². The average Bonchev–Trinajstić information content (AvgIpc) is 3.30.